The average Bonchev–Trinajstić information content (AvgIpc) is 3.09. The van der Waals surface area contributed by atoms with E-state index in [1.807, 2.05) is 0 Å². The summed E-state index contributed by atoms with van der Waals surface area (Å²) in [5, 5.41) is 18.3. The number of hydrogen-bond acceptors (Lipinski definition) is 8. The lowest BCUT2D eigenvalue weighted by molar-refractivity contribution is -0.154. The van der Waals surface area contributed by atoms with Gasteiger partial charge in [-0.25, -0.2) is 4.57 Å². The molecule has 10 heteroatoms. The standard InChI is InChI=1S/C39H79O9P/c1-3-5-7-9-11-13-14-15-16-17-18-19-20-21-22-23-24-26-28-30-32-45-35-38(36-47-49(43,44)46-34-37(41)33-40)48-39(42)31-29-27-25-12-10-8-6-4-2/h37-38,40-41H,3-36H2,1-2H3,(H,43,44). The Balaban J connectivity index is 4.00. The van der Waals surface area contributed by atoms with Gasteiger partial charge in [-0.3, -0.25) is 13.8 Å². The normalized spacial score (nSPS) is 14.1. The highest BCUT2D eigenvalue weighted by Gasteiger charge is 2.26. The summed E-state index contributed by atoms with van der Waals surface area (Å²) in [6.45, 7) is 3.52. The first kappa shape index (κ1) is 48.5. The third-order valence-electron chi connectivity index (χ3n) is 9.04. The van der Waals surface area contributed by atoms with Crippen LogP contribution in [0.5, 0.6) is 0 Å². The number of aliphatic hydroxyl groups excluding tert-OH is 2. The molecule has 0 aromatic rings. The minimum Gasteiger partial charge on any atom is -0.457 e. The highest BCUT2D eigenvalue weighted by atomic mass is 31.2. The highest BCUT2D eigenvalue weighted by Crippen LogP contribution is 2.43. The van der Waals surface area contributed by atoms with Crippen LogP contribution in [0.2, 0.25) is 0 Å². The Morgan fingerprint density at radius 1 is 0.551 bits per heavy atom. The molecule has 0 aromatic heterocycles. The van der Waals surface area contributed by atoms with E-state index in [9.17, 15) is 19.4 Å². The third-order valence-corrected chi connectivity index (χ3v) is 9.99. The summed E-state index contributed by atoms with van der Waals surface area (Å²) >= 11 is 0. The zero-order valence-electron chi connectivity index (χ0n) is 31.9. The summed E-state index contributed by atoms with van der Waals surface area (Å²) in [7, 11) is -4.50. The molecule has 0 bridgehead atoms. The Kier molecular flexibility index (Phi) is 36.8. The van der Waals surface area contributed by atoms with Gasteiger partial charge in [-0.1, -0.05) is 181 Å². The monoisotopic (exact) mass is 723 g/mol. The van der Waals surface area contributed by atoms with Gasteiger partial charge in [0, 0.05) is 13.0 Å². The first-order valence-corrected chi connectivity index (χ1v) is 22.0. The molecule has 0 amide bonds. The van der Waals surface area contributed by atoms with Gasteiger partial charge in [-0.05, 0) is 12.8 Å². The lowest BCUT2D eigenvalue weighted by Gasteiger charge is -2.20. The summed E-state index contributed by atoms with van der Waals surface area (Å²) in [6.07, 6.45) is 33.7. The van der Waals surface area contributed by atoms with E-state index in [1.54, 1.807) is 0 Å². The van der Waals surface area contributed by atoms with Crippen LogP contribution in [0.4, 0.5) is 0 Å². The van der Waals surface area contributed by atoms with Crippen LogP contribution in [0.25, 0.3) is 0 Å². The number of phosphoric acid groups is 1. The third kappa shape index (κ3) is 37.0. The lowest BCUT2D eigenvalue weighted by atomic mass is 10.0. The summed E-state index contributed by atoms with van der Waals surface area (Å²) in [6, 6.07) is 0. The van der Waals surface area contributed by atoms with Crippen LogP contribution in [0.3, 0.4) is 0 Å². The predicted octanol–water partition coefficient (Wildman–Crippen LogP) is 10.8. The highest BCUT2D eigenvalue weighted by molar-refractivity contribution is 7.47. The van der Waals surface area contributed by atoms with Gasteiger partial charge >= 0.3 is 13.8 Å². The predicted molar refractivity (Wildman–Crippen MR) is 201 cm³/mol. The number of rotatable bonds is 40. The molecule has 0 heterocycles. The van der Waals surface area contributed by atoms with Crippen molar-refractivity contribution >= 4 is 13.8 Å². The summed E-state index contributed by atoms with van der Waals surface area (Å²) in [4.78, 5) is 22.4. The first-order valence-electron chi connectivity index (χ1n) is 20.5. The fraction of sp³-hybridized carbons (Fsp3) is 0.974. The SMILES string of the molecule is CCCCCCCCCCCCCCCCCCCCCCOCC(COP(=O)(O)OCC(O)CO)OC(=O)CCCCCCCCCC. The molecule has 3 unspecified atom stereocenters. The number of ether oxygens (including phenoxy) is 2. The van der Waals surface area contributed by atoms with Crippen LogP contribution in [-0.4, -0.2) is 66.3 Å². The minimum atomic E-state index is -4.50. The van der Waals surface area contributed by atoms with Gasteiger partial charge in [-0.15, -0.1) is 0 Å². The molecule has 3 N–H and O–H groups in total. The van der Waals surface area contributed by atoms with Gasteiger partial charge in [0.15, 0.2) is 0 Å². The zero-order valence-corrected chi connectivity index (χ0v) is 32.8. The van der Waals surface area contributed by atoms with Crippen LogP contribution in [0.15, 0.2) is 0 Å². The molecule has 0 aliphatic heterocycles. The maximum atomic E-state index is 12.5. The van der Waals surface area contributed by atoms with Crippen LogP contribution in [0, 0.1) is 0 Å². The number of phosphoric ester groups is 1. The van der Waals surface area contributed by atoms with Crippen molar-refractivity contribution in [1.29, 1.82) is 0 Å². The maximum Gasteiger partial charge on any atom is 0.472 e. The Morgan fingerprint density at radius 2 is 0.918 bits per heavy atom. The maximum absolute atomic E-state index is 12.5. The van der Waals surface area contributed by atoms with Crippen molar-refractivity contribution < 1.29 is 43.0 Å². The number of carbonyl (C=O) groups is 1. The van der Waals surface area contributed by atoms with Crippen molar-refractivity contribution in [3.05, 3.63) is 0 Å². The molecule has 49 heavy (non-hydrogen) atoms. The molecule has 0 aromatic carbocycles. The topological polar surface area (TPSA) is 132 Å². The molecular formula is C39H79O9P. The van der Waals surface area contributed by atoms with Gasteiger partial charge in [0.25, 0.3) is 0 Å². The first-order chi connectivity index (χ1) is 23.8. The van der Waals surface area contributed by atoms with Crippen LogP contribution in [-0.2, 0) is 27.9 Å². The van der Waals surface area contributed by atoms with E-state index >= 15 is 0 Å². The van der Waals surface area contributed by atoms with Crippen molar-refractivity contribution in [3.63, 3.8) is 0 Å². The quantitative estimate of drug-likeness (QED) is 0.0321. The van der Waals surface area contributed by atoms with Gasteiger partial charge in [0.1, 0.15) is 12.2 Å². The largest absolute Gasteiger partial charge is 0.472 e. The van der Waals surface area contributed by atoms with Crippen molar-refractivity contribution in [2.75, 3.05) is 33.0 Å². The molecule has 0 aliphatic rings. The number of unbranched alkanes of at least 4 members (excludes halogenated alkanes) is 26. The summed E-state index contributed by atoms with van der Waals surface area (Å²) < 4.78 is 33.2. The summed E-state index contributed by atoms with van der Waals surface area (Å²) in [5.41, 5.74) is 0. The average molecular weight is 723 g/mol. The van der Waals surface area contributed by atoms with E-state index in [0.717, 1.165) is 32.1 Å². The molecule has 0 aliphatic carbocycles. The van der Waals surface area contributed by atoms with E-state index in [0.29, 0.717) is 6.61 Å². The molecular weight excluding hydrogens is 643 g/mol. The number of hydrogen-bond donors (Lipinski definition) is 3. The Labute approximate surface area is 301 Å². The number of carbonyl (C=O) groups excluding carboxylic acids is 1. The van der Waals surface area contributed by atoms with E-state index < -0.39 is 33.2 Å². The fourth-order valence-electron chi connectivity index (χ4n) is 5.89. The Morgan fingerprint density at radius 3 is 1.33 bits per heavy atom. The van der Waals surface area contributed by atoms with Crippen LogP contribution < -0.4 is 0 Å². The van der Waals surface area contributed by atoms with Crippen molar-refractivity contribution in [3.8, 4) is 0 Å². The molecule has 0 radical (unpaired) electrons. The van der Waals surface area contributed by atoms with Gasteiger partial charge in [-0.2, -0.15) is 0 Å². The van der Waals surface area contributed by atoms with Gasteiger partial charge in [0.2, 0.25) is 0 Å². The van der Waals surface area contributed by atoms with E-state index in [2.05, 4.69) is 13.8 Å². The molecule has 0 saturated carbocycles. The second kappa shape index (κ2) is 37.2. The Bertz CT molecular complexity index is 739. The number of esters is 1. The molecule has 294 valence electrons. The fourth-order valence-corrected chi connectivity index (χ4v) is 6.68. The minimum absolute atomic E-state index is 0.0571. The van der Waals surface area contributed by atoms with Crippen LogP contribution in [0.1, 0.15) is 200 Å². The zero-order chi connectivity index (χ0) is 36.1. The molecule has 3 atom stereocenters. The van der Waals surface area contributed by atoms with Crippen molar-refractivity contribution in [2.45, 2.75) is 212 Å². The van der Waals surface area contributed by atoms with Crippen LogP contribution >= 0.6 is 7.82 Å². The van der Waals surface area contributed by atoms with Crippen molar-refractivity contribution in [2.24, 2.45) is 0 Å². The second-order valence-corrected chi connectivity index (χ2v) is 15.5. The van der Waals surface area contributed by atoms with Gasteiger partial charge < -0.3 is 24.6 Å². The van der Waals surface area contributed by atoms with E-state index in [4.69, 9.17) is 23.6 Å². The molecule has 0 spiro atoms. The smallest absolute Gasteiger partial charge is 0.457 e. The number of aliphatic hydroxyl groups is 2. The van der Waals surface area contributed by atoms with Crippen molar-refractivity contribution in [1.82, 2.24) is 0 Å². The lowest BCUT2D eigenvalue weighted by Crippen LogP contribution is -2.29. The van der Waals surface area contributed by atoms with E-state index in [-0.39, 0.29) is 25.6 Å². The summed E-state index contributed by atoms with van der Waals surface area (Å²) in [5.74, 6) is -0.383. The van der Waals surface area contributed by atoms with E-state index in [1.165, 1.54) is 148 Å². The second-order valence-electron chi connectivity index (χ2n) is 14.0. The molecule has 9 nitrogen and oxygen atoms in total. The molecule has 0 saturated heterocycles. The molecule has 0 fully saturated rings. The van der Waals surface area contributed by atoms with Gasteiger partial charge in [0.05, 0.1) is 26.4 Å². The molecule has 0 rings (SSSR count). The Hall–Kier alpha value is -0.540.